The molecule has 3 aromatic rings. The Hall–Kier alpha value is -2.31. The van der Waals surface area contributed by atoms with Gasteiger partial charge >= 0.3 is 0 Å². The van der Waals surface area contributed by atoms with Gasteiger partial charge in [-0.1, -0.05) is 77.9 Å². The van der Waals surface area contributed by atoms with E-state index >= 15 is 0 Å². The van der Waals surface area contributed by atoms with Crippen LogP contribution in [-0.4, -0.2) is 22.2 Å². The fourth-order valence-electron chi connectivity index (χ4n) is 3.51. The molecule has 0 aliphatic carbocycles. The number of phenolic OH excluding ortho intramolecular Hbond substituents is 2. The summed E-state index contributed by atoms with van der Waals surface area (Å²) in [6.45, 7) is 11.2. The first-order valence-electron chi connectivity index (χ1n) is 11.7. The number of ether oxygens (including phenoxy) is 1. The maximum Gasteiger partial charge on any atom is 0.265 e. The van der Waals surface area contributed by atoms with Crippen molar-refractivity contribution < 1.29 is 19.7 Å². The number of aromatic hydroxyl groups is 2. The zero-order valence-corrected chi connectivity index (χ0v) is 24.6. The van der Waals surface area contributed by atoms with E-state index in [2.05, 4.69) is 5.32 Å². The molecule has 3 aromatic carbocycles. The number of amides is 1. The Morgan fingerprint density at radius 2 is 1.54 bits per heavy atom. The summed E-state index contributed by atoms with van der Waals surface area (Å²) in [6, 6.07) is 8.96. The fourth-order valence-corrected chi connectivity index (χ4v) is 4.79. The van der Waals surface area contributed by atoms with Crippen LogP contribution in [0.5, 0.6) is 17.2 Å². The molecule has 9 heteroatoms. The van der Waals surface area contributed by atoms with Gasteiger partial charge in [-0.15, -0.1) is 0 Å². The van der Waals surface area contributed by atoms with Gasteiger partial charge < -0.3 is 20.3 Å². The third kappa shape index (κ3) is 7.61. The monoisotopic (exact) mass is 585 g/mol. The van der Waals surface area contributed by atoms with Crippen LogP contribution in [0.15, 0.2) is 30.3 Å². The van der Waals surface area contributed by atoms with Crippen LogP contribution in [-0.2, 0) is 11.2 Å². The predicted octanol–water partition coefficient (Wildman–Crippen LogP) is 8.99. The molecule has 0 heterocycles. The number of nitrogens with one attached hydrogen (secondary N) is 1. The van der Waals surface area contributed by atoms with Gasteiger partial charge in [0.1, 0.15) is 11.5 Å². The van der Waals surface area contributed by atoms with Gasteiger partial charge in [0, 0.05) is 10.0 Å². The van der Waals surface area contributed by atoms with Crippen LogP contribution in [0.4, 0.5) is 5.69 Å². The first-order valence-corrected chi connectivity index (χ1v) is 13.2. The minimum Gasteiger partial charge on any atom is -0.506 e. The highest BCUT2D eigenvalue weighted by atomic mass is 35.5. The van der Waals surface area contributed by atoms with Crippen LogP contribution in [0.2, 0.25) is 20.1 Å². The van der Waals surface area contributed by atoms with Crippen molar-refractivity contribution >= 4 is 58.0 Å². The van der Waals surface area contributed by atoms with Crippen LogP contribution in [0.3, 0.4) is 0 Å². The highest BCUT2D eigenvalue weighted by Crippen LogP contribution is 2.39. The van der Waals surface area contributed by atoms with Crippen molar-refractivity contribution in [3.63, 3.8) is 0 Å². The maximum atomic E-state index is 12.6. The lowest BCUT2D eigenvalue weighted by atomic mass is 10.1. The molecule has 0 aliphatic rings. The number of phenols is 2. The molecule has 200 valence electrons. The first kappa shape index (κ1) is 30.9. The molecular formula is C28H31Cl4NO4. The molecule has 1 unspecified atom stereocenters. The Kier molecular flexibility index (Phi) is 11.3. The second-order valence-electron chi connectivity index (χ2n) is 8.64. The summed E-state index contributed by atoms with van der Waals surface area (Å²) in [4.78, 5) is 12.6. The highest BCUT2D eigenvalue weighted by Gasteiger charge is 2.22. The van der Waals surface area contributed by atoms with Crippen LogP contribution in [0.1, 0.15) is 48.1 Å². The summed E-state index contributed by atoms with van der Waals surface area (Å²) < 4.78 is 5.85. The molecule has 0 spiro atoms. The Labute approximate surface area is 238 Å². The van der Waals surface area contributed by atoms with Gasteiger partial charge in [-0.25, -0.2) is 0 Å². The van der Waals surface area contributed by atoms with Gasteiger partial charge in [0.25, 0.3) is 5.91 Å². The standard InChI is InChI=1S/C19H21Cl2NO3.C9H10Cl2O/c1-5-15(25-16-7-6-10(2)8-11(16)3)19(24)22-14-9-13(20)12(4)17(21)18(14)23;1-3-6-7(10)4-5(2)9(12)8(6)11/h6-9,15,23H,5H2,1-4H3,(H,22,24);4,12H,3H2,1-2H3. The van der Waals surface area contributed by atoms with Crippen LogP contribution < -0.4 is 10.1 Å². The van der Waals surface area contributed by atoms with E-state index in [-0.39, 0.29) is 28.1 Å². The van der Waals surface area contributed by atoms with Crippen molar-refractivity contribution in [2.24, 2.45) is 0 Å². The van der Waals surface area contributed by atoms with Gasteiger partial charge in [0.15, 0.2) is 11.9 Å². The zero-order chi connectivity index (χ0) is 28.0. The Morgan fingerprint density at radius 1 is 0.892 bits per heavy atom. The molecule has 1 atom stereocenters. The third-order valence-electron chi connectivity index (χ3n) is 5.77. The summed E-state index contributed by atoms with van der Waals surface area (Å²) in [5.41, 5.74) is 4.31. The van der Waals surface area contributed by atoms with E-state index in [4.69, 9.17) is 51.1 Å². The number of carbonyl (C=O) groups excluding carboxylic acids is 1. The largest absolute Gasteiger partial charge is 0.506 e. The summed E-state index contributed by atoms with van der Waals surface area (Å²) in [5.74, 6) is 0.196. The lowest BCUT2D eigenvalue weighted by molar-refractivity contribution is -0.122. The molecule has 3 rings (SSSR count). The molecule has 0 fully saturated rings. The van der Waals surface area contributed by atoms with Crippen LogP contribution >= 0.6 is 46.4 Å². The smallest absolute Gasteiger partial charge is 0.265 e. The van der Waals surface area contributed by atoms with Gasteiger partial charge in [0.05, 0.1) is 15.7 Å². The van der Waals surface area contributed by atoms with Crippen molar-refractivity contribution in [3.05, 3.63) is 78.2 Å². The van der Waals surface area contributed by atoms with E-state index in [1.807, 2.05) is 45.9 Å². The topological polar surface area (TPSA) is 78.8 Å². The number of anilines is 1. The number of aryl methyl sites for hydroxylation is 3. The van der Waals surface area contributed by atoms with Crippen molar-refractivity contribution in [1.82, 2.24) is 0 Å². The van der Waals surface area contributed by atoms with E-state index in [0.29, 0.717) is 38.4 Å². The van der Waals surface area contributed by atoms with E-state index in [1.54, 1.807) is 19.9 Å². The molecule has 0 saturated heterocycles. The Morgan fingerprint density at radius 3 is 2.11 bits per heavy atom. The van der Waals surface area contributed by atoms with Gasteiger partial charge in [-0.3, -0.25) is 4.79 Å². The molecule has 0 aromatic heterocycles. The first-order chi connectivity index (χ1) is 17.3. The van der Waals surface area contributed by atoms with Gasteiger partial charge in [-0.05, 0) is 81.0 Å². The summed E-state index contributed by atoms with van der Waals surface area (Å²) >= 11 is 23.9. The number of rotatable bonds is 6. The molecule has 0 aliphatic heterocycles. The minimum absolute atomic E-state index is 0.117. The molecule has 0 saturated carbocycles. The predicted molar refractivity (Wildman–Crippen MR) is 154 cm³/mol. The lowest BCUT2D eigenvalue weighted by Gasteiger charge is -2.20. The zero-order valence-electron chi connectivity index (χ0n) is 21.6. The number of hydrogen-bond acceptors (Lipinski definition) is 4. The number of halogens is 4. The minimum atomic E-state index is -0.709. The van der Waals surface area contributed by atoms with E-state index in [0.717, 1.165) is 23.1 Å². The molecular weight excluding hydrogens is 556 g/mol. The quantitative estimate of drug-likeness (QED) is 0.252. The molecule has 3 N–H and O–H groups in total. The molecule has 5 nitrogen and oxygen atoms in total. The van der Waals surface area contributed by atoms with E-state index < -0.39 is 6.10 Å². The maximum absolute atomic E-state index is 12.6. The van der Waals surface area contributed by atoms with E-state index in [9.17, 15) is 15.0 Å². The summed E-state index contributed by atoms with van der Waals surface area (Å²) in [6.07, 6.45) is 0.485. The lowest BCUT2D eigenvalue weighted by Crippen LogP contribution is -2.32. The summed E-state index contributed by atoms with van der Waals surface area (Å²) in [5, 5.41) is 23.7. The van der Waals surface area contributed by atoms with E-state index in [1.165, 1.54) is 6.07 Å². The van der Waals surface area contributed by atoms with Gasteiger partial charge in [-0.2, -0.15) is 0 Å². The van der Waals surface area contributed by atoms with Crippen molar-refractivity contribution in [2.45, 2.75) is 60.5 Å². The number of carbonyl (C=O) groups is 1. The Bertz CT molecular complexity index is 1290. The highest BCUT2D eigenvalue weighted by molar-refractivity contribution is 6.38. The fraction of sp³-hybridized carbons (Fsp3) is 0.321. The Balaban J connectivity index is 0.000000335. The average Bonchev–Trinajstić information content (AvgIpc) is 2.84. The average molecular weight is 587 g/mol. The molecule has 0 radical (unpaired) electrons. The third-order valence-corrected chi connectivity index (χ3v) is 7.37. The molecule has 37 heavy (non-hydrogen) atoms. The summed E-state index contributed by atoms with van der Waals surface area (Å²) in [7, 11) is 0. The normalized spacial score (nSPS) is 11.4. The molecule has 1 amide bonds. The number of benzene rings is 3. The van der Waals surface area contributed by atoms with Gasteiger partial charge in [0.2, 0.25) is 0 Å². The van der Waals surface area contributed by atoms with Crippen molar-refractivity contribution in [2.75, 3.05) is 5.32 Å². The second kappa shape index (κ2) is 13.5. The van der Waals surface area contributed by atoms with Crippen LogP contribution in [0.25, 0.3) is 0 Å². The van der Waals surface area contributed by atoms with Crippen LogP contribution in [0, 0.1) is 27.7 Å². The van der Waals surface area contributed by atoms with Crippen molar-refractivity contribution in [3.8, 4) is 17.2 Å². The SMILES string of the molecule is CCC(Oc1ccc(C)cc1C)C(=O)Nc1cc(Cl)c(C)c(Cl)c1O.CCc1c(Cl)cc(C)c(O)c1Cl. The number of hydrogen-bond donors (Lipinski definition) is 3. The van der Waals surface area contributed by atoms with Crippen molar-refractivity contribution in [1.29, 1.82) is 0 Å². The molecule has 0 bridgehead atoms. The second-order valence-corrected chi connectivity index (χ2v) is 10.2.